The zero-order valence-corrected chi connectivity index (χ0v) is 10.8. The first-order valence-electron chi connectivity index (χ1n) is 5.79. The zero-order valence-electron chi connectivity index (χ0n) is 10.0. The highest BCUT2D eigenvalue weighted by Crippen LogP contribution is 2.20. The third-order valence-corrected chi connectivity index (χ3v) is 3.84. The van der Waals surface area contributed by atoms with Crippen molar-refractivity contribution in [2.45, 2.75) is 32.0 Å². The summed E-state index contributed by atoms with van der Waals surface area (Å²) in [5.74, 6) is -1.06. The van der Waals surface area contributed by atoms with Crippen LogP contribution in [0.15, 0.2) is 12.1 Å². The Bertz CT molecular complexity index is 457. The maximum atomic E-state index is 11.8. The number of thiophene rings is 1. The van der Waals surface area contributed by atoms with Gasteiger partial charge in [-0.05, 0) is 31.9 Å². The highest BCUT2D eigenvalue weighted by Gasteiger charge is 2.30. The standard InChI is InChI=1S/C12H15NO4S/c1-7-2-5-10(18-7)11(14)13-6-8-3-4-9(17-8)12(15)16/h2,5,8-9H,3-4,6H2,1H3,(H,13,14)(H,15,16). The van der Waals surface area contributed by atoms with Crippen LogP contribution in [0.2, 0.25) is 0 Å². The fourth-order valence-corrected chi connectivity index (χ4v) is 2.67. The molecule has 2 heterocycles. The maximum Gasteiger partial charge on any atom is 0.332 e. The molecule has 2 atom stereocenters. The first-order valence-corrected chi connectivity index (χ1v) is 6.61. The minimum Gasteiger partial charge on any atom is -0.479 e. The molecule has 1 aliphatic rings. The topological polar surface area (TPSA) is 75.6 Å². The molecule has 0 aliphatic carbocycles. The van der Waals surface area contributed by atoms with Gasteiger partial charge in [0.05, 0.1) is 11.0 Å². The molecule has 0 saturated carbocycles. The second-order valence-electron chi connectivity index (χ2n) is 4.28. The molecule has 18 heavy (non-hydrogen) atoms. The molecular formula is C12H15NO4S. The van der Waals surface area contributed by atoms with E-state index in [1.165, 1.54) is 11.3 Å². The number of hydrogen-bond acceptors (Lipinski definition) is 4. The van der Waals surface area contributed by atoms with Gasteiger partial charge in [-0.2, -0.15) is 0 Å². The van der Waals surface area contributed by atoms with Gasteiger partial charge in [-0.3, -0.25) is 4.79 Å². The Labute approximate surface area is 109 Å². The van der Waals surface area contributed by atoms with E-state index in [0.29, 0.717) is 24.3 Å². The van der Waals surface area contributed by atoms with Crippen molar-refractivity contribution < 1.29 is 19.4 Å². The summed E-state index contributed by atoms with van der Waals surface area (Å²) < 4.78 is 5.30. The second-order valence-corrected chi connectivity index (χ2v) is 5.57. The Balaban J connectivity index is 1.79. The number of carbonyl (C=O) groups excluding carboxylic acids is 1. The Kier molecular flexibility index (Phi) is 3.98. The molecule has 2 unspecified atom stereocenters. The molecule has 0 spiro atoms. The first kappa shape index (κ1) is 13.0. The van der Waals surface area contributed by atoms with Gasteiger partial charge >= 0.3 is 5.97 Å². The highest BCUT2D eigenvalue weighted by atomic mass is 32.1. The summed E-state index contributed by atoms with van der Waals surface area (Å²) in [6.45, 7) is 2.30. The molecular weight excluding hydrogens is 254 g/mol. The normalized spacial score (nSPS) is 22.9. The van der Waals surface area contributed by atoms with Crippen LogP contribution in [0.1, 0.15) is 27.4 Å². The quantitative estimate of drug-likeness (QED) is 0.866. The van der Waals surface area contributed by atoms with Crippen molar-refractivity contribution in [3.63, 3.8) is 0 Å². The van der Waals surface area contributed by atoms with E-state index in [1.54, 1.807) is 6.07 Å². The minimum atomic E-state index is -0.933. The number of carboxylic acids is 1. The molecule has 0 bridgehead atoms. The molecule has 1 aromatic rings. The lowest BCUT2D eigenvalue weighted by molar-refractivity contribution is -0.149. The van der Waals surface area contributed by atoms with Crippen molar-refractivity contribution in [2.24, 2.45) is 0 Å². The predicted molar refractivity (Wildman–Crippen MR) is 66.9 cm³/mol. The molecule has 0 radical (unpaired) electrons. The number of hydrogen-bond donors (Lipinski definition) is 2. The van der Waals surface area contributed by atoms with Crippen LogP contribution in [0.3, 0.4) is 0 Å². The van der Waals surface area contributed by atoms with Crippen molar-refractivity contribution in [2.75, 3.05) is 6.54 Å². The average molecular weight is 269 g/mol. The average Bonchev–Trinajstić information content (AvgIpc) is 2.94. The van der Waals surface area contributed by atoms with Crippen LogP contribution in [-0.2, 0) is 9.53 Å². The third-order valence-electron chi connectivity index (χ3n) is 2.84. The fraction of sp³-hybridized carbons (Fsp3) is 0.500. The van der Waals surface area contributed by atoms with E-state index in [-0.39, 0.29) is 12.0 Å². The Hall–Kier alpha value is -1.40. The van der Waals surface area contributed by atoms with Crippen LogP contribution < -0.4 is 5.32 Å². The molecule has 2 rings (SSSR count). The lowest BCUT2D eigenvalue weighted by Crippen LogP contribution is -2.32. The zero-order chi connectivity index (χ0) is 13.1. The molecule has 6 heteroatoms. The van der Waals surface area contributed by atoms with Gasteiger partial charge in [0, 0.05) is 11.4 Å². The largest absolute Gasteiger partial charge is 0.479 e. The van der Waals surface area contributed by atoms with E-state index in [2.05, 4.69) is 5.32 Å². The van der Waals surface area contributed by atoms with Gasteiger partial charge in [0.25, 0.3) is 5.91 Å². The number of nitrogens with one attached hydrogen (secondary N) is 1. The van der Waals surface area contributed by atoms with Crippen molar-refractivity contribution in [3.8, 4) is 0 Å². The van der Waals surface area contributed by atoms with Gasteiger partial charge in [0.1, 0.15) is 0 Å². The Morgan fingerprint density at radius 2 is 2.28 bits per heavy atom. The first-order chi connectivity index (χ1) is 8.56. The lowest BCUT2D eigenvalue weighted by Gasteiger charge is -2.11. The predicted octanol–water partition coefficient (Wildman–Crippen LogP) is 1.42. The molecule has 1 saturated heterocycles. The summed E-state index contributed by atoms with van der Waals surface area (Å²) in [7, 11) is 0. The number of aryl methyl sites for hydroxylation is 1. The SMILES string of the molecule is Cc1ccc(C(=O)NCC2CCC(C(=O)O)O2)s1. The molecule has 1 aliphatic heterocycles. The Morgan fingerprint density at radius 3 is 2.83 bits per heavy atom. The molecule has 1 amide bonds. The van der Waals surface area contributed by atoms with Crippen LogP contribution in [0.25, 0.3) is 0 Å². The van der Waals surface area contributed by atoms with E-state index in [9.17, 15) is 9.59 Å². The number of carbonyl (C=O) groups is 2. The smallest absolute Gasteiger partial charge is 0.332 e. The molecule has 5 nitrogen and oxygen atoms in total. The number of carboxylic acid groups (broad SMARTS) is 1. The van der Waals surface area contributed by atoms with Gasteiger partial charge in [-0.1, -0.05) is 0 Å². The third kappa shape index (κ3) is 3.08. The fourth-order valence-electron chi connectivity index (χ4n) is 1.89. The van der Waals surface area contributed by atoms with Crippen molar-refractivity contribution in [1.82, 2.24) is 5.32 Å². The van der Waals surface area contributed by atoms with E-state index in [4.69, 9.17) is 9.84 Å². The van der Waals surface area contributed by atoms with Crippen LogP contribution in [0.5, 0.6) is 0 Å². The number of aliphatic carboxylic acids is 1. The summed E-state index contributed by atoms with van der Waals surface area (Å²) in [6.07, 6.45) is 0.251. The van der Waals surface area contributed by atoms with Gasteiger partial charge in [-0.25, -0.2) is 4.79 Å². The van der Waals surface area contributed by atoms with Gasteiger partial charge in [-0.15, -0.1) is 11.3 Å². The number of amides is 1. The lowest BCUT2D eigenvalue weighted by atomic mass is 10.2. The Morgan fingerprint density at radius 1 is 1.50 bits per heavy atom. The van der Waals surface area contributed by atoms with E-state index in [1.807, 2.05) is 13.0 Å². The molecule has 0 aromatic carbocycles. The summed E-state index contributed by atoms with van der Waals surface area (Å²) in [6, 6.07) is 3.68. The minimum absolute atomic E-state index is 0.129. The van der Waals surface area contributed by atoms with Gasteiger partial charge < -0.3 is 15.2 Å². The maximum absolute atomic E-state index is 11.8. The van der Waals surface area contributed by atoms with Crippen LogP contribution in [0, 0.1) is 6.92 Å². The van der Waals surface area contributed by atoms with E-state index < -0.39 is 12.1 Å². The van der Waals surface area contributed by atoms with Crippen molar-refractivity contribution in [1.29, 1.82) is 0 Å². The summed E-state index contributed by atoms with van der Waals surface area (Å²) in [4.78, 5) is 24.2. The molecule has 1 aromatic heterocycles. The van der Waals surface area contributed by atoms with Gasteiger partial charge in [0.2, 0.25) is 0 Å². The number of ether oxygens (including phenoxy) is 1. The van der Waals surface area contributed by atoms with Crippen LogP contribution in [-0.4, -0.2) is 35.7 Å². The second kappa shape index (κ2) is 5.49. The van der Waals surface area contributed by atoms with Gasteiger partial charge in [0.15, 0.2) is 6.10 Å². The van der Waals surface area contributed by atoms with E-state index in [0.717, 1.165) is 4.88 Å². The van der Waals surface area contributed by atoms with Crippen molar-refractivity contribution in [3.05, 3.63) is 21.9 Å². The van der Waals surface area contributed by atoms with E-state index >= 15 is 0 Å². The number of rotatable bonds is 4. The summed E-state index contributed by atoms with van der Waals surface area (Å²) >= 11 is 1.44. The highest BCUT2D eigenvalue weighted by molar-refractivity contribution is 7.13. The molecule has 2 N–H and O–H groups in total. The summed E-state index contributed by atoms with van der Waals surface area (Å²) in [5, 5.41) is 11.5. The van der Waals surface area contributed by atoms with Crippen LogP contribution >= 0.6 is 11.3 Å². The molecule has 98 valence electrons. The van der Waals surface area contributed by atoms with Crippen molar-refractivity contribution >= 4 is 23.2 Å². The monoisotopic (exact) mass is 269 g/mol. The van der Waals surface area contributed by atoms with Crippen LogP contribution in [0.4, 0.5) is 0 Å². The molecule has 1 fully saturated rings. The summed E-state index contributed by atoms with van der Waals surface area (Å²) in [5.41, 5.74) is 0.